The highest BCUT2D eigenvalue weighted by molar-refractivity contribution is 6.35. The van der Waals surface area contributed by atoms with Crippen LogP contribution in [0.3, 0.4) is 0 Å². The zero-order valence-corrected chi connectivity index (χ0v) is 11.7. The van der Waals surface area contributed by atoms with Crippen molar-refractivity contribution in [2.45, 2.75) is 0 Å². The van der Waals surface area contributed by atoms with Crippen LogP contribution in [-0.2, 0) is 0 Å². The Morgan fingerprint density at radius 1 is 1.10 bits per heavy atom. The third-order valence-electron chi connectivity index (χ3n) is 2.72. The van der Waals surface area contributed by atoms with Gasteiger partial charge in [0.05, 0.1) is 5.52 Å². The molecule has 0 radical (unpaired) electrons. The number of hydrogen-bond donors (Lipinski definition) is 1. The number of fused-ring (bicyclic) bond motifs is 1. The molecule has 4 nitrogen and oxygen atoms in total. The number of hydrogen-bond acceptors (Lipinski definition) is 2. The van der Waals surface area contributed by atoms with Gasteiger partial charge < -0.3 is 5.32 Å². The van der Waals surface area contributed by atoms with Gasteiger partial charge in [0.15, 0.2) is 5.69 Å². The summed E-state index contributed by atoms with van der Waals surface area (Å²) in [7, 11) is 0. The quantitative estimate of drug-likeness (QED) is 0.780. The lowest BCUT2D eigenvalue weighted by atomic mass is 10.3. The number of carbonyl (C=O) groups is 1. The Hall–Kier alpha value is -2.04. The van der Waals surface area contributed by atoms with Crippen LogP contribution >= 0.6 is 23.2 Å². The SMILES string of the molecule is O=C(Nc1cc(Cl)cc(Cl)c1)c1cc2ccccn2n1. The maximum Gasteiger partial charge on any atom is 0.276 e. The van der Waals surface area contributed by atoms with Crippen LogP contribution in [0.15, 0.2) is 48.7 Å². The number of nitrogens with zero attached hydrogens (tertiary/aromatic N) is 2. The summed E-state index contributed by atoms with van der Waals surface area (Å²) < 4.78 is 1.64. The van der Waals surface area contributed by atoms with Crippen molar-refractivity contribution in [3.8, 4) is 0 Å². The van der Waals surface area contributed by atoms with Crippen LogP contribution < -0.4 is 5.32 Å². The van der Waals surface area contributed by atoms with Crippen LogP contribution in [0.2, 0.25) is 10.0 Å². The molecule has 20 heavy (non-hydrogen) atoms. The van der Waals surface area contributed by atoms with E-state index in [1.54, 1.807) is 35.0 Å². The summed E-state index contributed by atoms with van der Waals surface area (Å²) in [5.74, 6) is -0.313. The zero-order chi connectivity index (χ0) is 14.1. The van der Waals surface area contributed by atoms with E-state index in [0.29, 0.717) is 21.4 Å². The van der Waals surface area contributed by atoms with Crippen molar-refractivity contribution in [3.63, 3.8) is 0 Å². The number of anilines is 1. The van der Waals surface area contributed by atoms with Crippen LogP contribution in [0, 0.1) is 0 Å². The van der Waals surface area contributed by atoms with E-state index in [0.717, 1.165) is 5.52 Å². The first-order valence-electron chi connectivity index (χ1n) is 5.84. The smallest absolute Gasteiger partial charge is 0.276 e. The van der Waals surface area contributed by atoms with Crippen LogP contribution in [0.1, 0.15) is 10.5 Å². The fourth-order valence-electron chi connectivity index (χ4n) is 1.87. The van der Waals surface area contributed by atoms with Gasteiger partial charge in [0.1, 0.15) is 0 Å². The second kappa shape index (κ2) is 5.15. The fraction of sp³-hybridized carbons (Fsp3) is 0. The molecule has 0 atom stereocenters. The van der Waals surface area contributed by atoms with Crippen molar-refractivity contribution in [2.75, 3.05) is 5.32 Å². The van der Waals surface area contributed by atoms with E-state index in [-0.39, 0.29) is 5.91 Å². The molecule has 6 heteroatoms. The lowest BCUT2D eigenvalue weighted by Crippen LogP contribution is -2.12. The Kier molecular flexibility index (Phi) is 3.34. The first-order chi connectivity index (χ1) is 9.61. The molecule has 0 aliphatic rings. The van der Waals surface area contributed by atoms with Crippen LogP contribution in [-0.4, -0.2) is 15.5 Å². The van der Waals surface area contributed by atoms with Gasteiger partial charge in [-0.15, -0.1) is 0 Å². The summed E-state index contributed by atoms with van der Waals surface area (Å²) >= 11 is 11.8. The normalized spacial score (nSPS) is 10.7. The van der Waals surface area contributed by atoms with Crippen molar-refractivity contribution in [1.29, 1.82) is 0 Å². The molecule has 3 rings (SSSR count). The largest absolute Gasteiger partial charge is 0.320 e. The molecule has 2 aromatic heterocycles. The molecule has 0 unspecified atom stereocenters. The van der Waals surface area contributed by atoms with Crippen LogP contribution in [0.5, 0.6) is 0 Å². The van der Waals surface area contributed by atoms with E-state index in [4.69, 9.17) is 23.2 Å². The molecule has 2 heterocycles. The van der Waals surface area contributed by atoms with E-state index in [2.05, 4.69) is 10.4 Å². The average molecular weight is 306 g/mol. The van der Waals surface area contributed by atoms with Crippen LogP contribution in [0.25, 0.3) is 5.52 Å². The van der Waals surface area contributed by atoms with Crippen molar-refractivity contribution < 1.29 is 4.79 Å². The number of pyridine rings is 1. The standard InChI is InChI=1S/C14H9Cl2N3O/c15-9-5-10(16)7-11(6-9)17-14(20)13-8-12-3-1-2-4-19(12)18-13/h1-8H,(H,17,20). The highest BCUT2D eigenvalue weighted by atomic mass is 35.5. The van der Waals surface area contributed by atoms with Crippen molar-refractivity contribution in [1.82, 2.24) is 9.61 Å². The number of halogens is 2. The van der Waals surface area contributed by atoms with Gasteiger partial charge in [-0.25, -0.2) is 4.52 Å². The number of amides is 1. The van der Waals surface area contributed by atoms with E-state index >= 15 is 0 Å². The Morgan fingerprint density at radius 3 is 2.55 bits per heavy atom. The number of benzene rings is 1. The van der Waals surface area contributed by atoms with Crippen molar-refractivity contribution >= 4 is 40.3 Å². The van der Waals surface area contributed by atoms with Gasteiger partial charge in [0, 0.05) is 21.9 Å². The molecule has 100 valence electrons. The van der Waals surface area contributed by atoms with Crippen molar-refractivity contribution in [2.24, 2.45) is 0 Å². The second-order valence-corrected chi connectivity index (χ2v) is 5.08. The van der Waals surface area contributed by atoms with E-state index in [9.17, 15) is 4.79 Å². The topological polar surface area (TPSA) is 46.4 Å². The number of aromatic nitrogens is 2. The highest BCUT2D eigenvalue weighted by Gasteiger charge is 2.11. The Labute approximate surface area is 124 Å². The minimum Gasteiger partial charge on any atom is -0.320 e. The van der Waals surface area contributed by atoms with Gasteiger partial charge in [0.2, 0.25) is 0 Å². The summed E-state index contributed by atoms with van der Waals surface area (Å²) in [6.45, 7) is 0. The molecule has 0 bridgehead atoms. The van der Waals surface area contributed by atoms with Gasteiger partial charge in [0.25, 0.3) is 5.91 Å². The van der Waals surface area contributed by atoms with Crippen LogP contribution in [0.4, 0.5) is 5.69 Å². The summed E-state index contributed by atoms with van der Waals surface area (Å²) in [5, 5.41) is 7.83. The molecule has 0 spiro atoms. The molecule has 0 aliphatic heterocycles. The molecular formula is C14H9Cl2N3O. The number of carbonyl (C=O) groups excluding carboxylic acids is 1. The first-order valence-corrected chi connectivity index (χ1v) is 6.59. The summed E-state index contributed by atoms with van der Waals surface area (Å²) in [6, 6.07) is 12.2. The Morgan fingerprint density at radius 2 is 1.85 bits per heavy atom. The number of nitrogens with one attached hydrogen (secondary N) is 1. The van der Waals surface area contributed by atoms with Gasteiger partial charge >= 0.3 is 0 Å². The minimum atomic E-state index is -0.313. The molecule has 0 saturated heterocycles. The molecule has 1 aromatic carbocycles. The first kappa shape index (κ1) is 13.0. The minimum absolute atomic E-state index is 0.313. The second-order valence-electron chi connectivity index (χ2n) is 4.21. The van der Waals surface area contributed by atoms with Gasteiger partial charge in [-0.2, -0.15) is 5.10 Å². The van der Waals surface area contributed by atoms with Gasteiger partial charge in [-0.3, -0.25) is 4.79 Å². The van der Waals surface area contributed by atoms with E-state index in [1.807, 2.05) is 18.2 Å². The molecule has 3 aromatic rings. The lowest BCUT2D eigenvalue weighted by Gasteiger charge is -2.04. The van der Waals surface area contributed by atoms with Crippen molar-refractivity contribution in [3.05, 3.63) is 64.4 Å². The Balaban J connectivity index is 1.88. The fourth-order valence-corrected chi connectivity index (χ4v) is 2.40. The average Bonchev–Trinajstić information content (AvgIpc) is 2.81. The highest BCUT2D eigenvalue weighted by Crippen LogP contribution is 2.22. The third-order valence-corrected chi connectivity index (χ3v) is 3.16. The predicted molar refractivity (Wildman–Crippen MR) is 79.6 cm³/mol. The monoisotopic (exact) mass is 305 g/mol. The van der Waals surface area contributed by atoms with E-state index in [1.165, 1.54) is 0 Å². The number of rotatable bonds is 2. The summed E-state index contributed by atoms with van der Waals surface area (Å²) in [6.07, 6.45) is 1.78. The summed E-state index contributed by atoms with van der Waals surface area (Å²) in [5.41, 5.74) is 1.71. The Bertz CT molecular complexity index is 745. The third kappa shape index (κ3) is 2.61. The van der Waals surface area contributed by atoms with Gasteiger partial charge in [-0.1, -0.05) is 29.3 Å². The molecule has 0 aliphatic carbocycles. The molecule has 0 fully saturated rings. The lowest BCUT2D eigenvalue weighted by molar-refractivity contribution is 0.102. The molecule has 1 amide bonds. The predicted octanol–water partition coefficient (Wildman–Crippen LogP) is 3.89. The molecular weight excluding hydrogens is 297 g/mol. The maximum absolute atomic E-state index is 12.1. The zero-order valence-electron chi connectivity index (χ0n) is 10.2. The summed E-state index contributed by atoms with van der Waals surface area (Å²) in [4.78, 5) is 12.1. The maximum atomic E-state index is 12.1. The van der Waals surface area contributed by atoms with E-state index < -0.39 is 0 Å². The molecule has 0 saturated carbocycles. The van der Waals surface area contributed by atoms with Gasteiger partial charge in [-0.05, 0) is 36.4 Å². The molecule has 1 N–H and O–H groups in total.